The fraction of sp³-hybridized carbons (Fsp3) is 0.714. The van der Waals surface area contributed by atoms with Crippen LogP contribution in [0.5, 0.6) is 0 Å². The van der Waals surface area contributed by atoms with Crippen molar-refractivity contribution in [1.29, 1.82) is 0 Å². The van der Waals surface area contributed by atoms with Crippen molar-refractivity contribution in [2.24, 2.45) is 0 Å². The molecule has 1 fully saturated rings. The number of aromatic nitrogens is 2. The second-order valence-electron chi connectivity index (χ2n) is 2.69. The third-order valence-corrected chi connectivity index (χ3v) is 2.33. The average molecular weight is 201 g/mol. The molecule has 0 radical (unpaired) electrons. The van der Waals surface area contributed by atoms with Gasteiger partial charge in [-0.1, -0.05) is 11.8 Å². The molecule has 0 aromatic carbocycles. The summed E-state index contributed by atoms with van der Waals surface area (Å²) < 4.78 is 10.7. The summed E-state index contributed by atoms with van der Waals surface area (Å²) in [5, 5.41) is 11.6. The number of rotatable bonds is 2. The zero-order valence-corrected chi connectivity index (χ0v) is 8.13. The molecule has 1 atom stereocenters. The van der Waals surface area contributed by atoms with E-state index in [4.69, 9.17) is 9.15 Å². The van der Waals surface area contributed by atoms with Gasteiger partial charge >= 0.3 is 0 Å². The van der Waals surface area contributed by atoms with Crippen molar-refractivity contribution < 1.29 is 9.15 Å². The van der Waals surface area contributed by atoms with Crippen LogP contribution in [0.4, 0.5) is 0 Å². The maximum Gasteiger partial charge on any atom is 0.276 e. The van der Waals surface area contributed by atoms with Gasteiger partial charge in [-0.15, -0.1) is 10.2 Å². The van der Waals surface area contributed by atoms with Crippen LogP contribution in [-0.2, 0) is 4.74 Å². The molecule has 6 heteroatoms. The quantitative estimate of drug-likeness (QED) is 0.701. The lowest BCUT2D eigenvalue weighted by Gasteiger charge is -2.20. The summed E-state index contributed by atoms with van der Waals surface area (Å²) in [4.78, 5) is 0. The lowest BCUT2D eigenvalue weighted by atomic mass is 10.3. The van der Waals surface area contributed by atoms with Gasteiger partial charge in [0.15, 0.2) is 0 Å². The smallest absolute Gasteiger partial charge is 0.276 e. The Balaban J connectivity index is 2.05. The van der Waals surface area contributed by atoms with Crippen LogP contribution >= 0.6 is 11.8 Å². The predicted octanol–water partition coefficient (Wildman–Crippen LogP) is 0.452. The normalized spacial score (nSPS) is 23.3. The molecule has 0 bridgehead atoms. The second-order valence-corrected chi connectivity index (χ2v) is 3.45. The molecule has 1 N–H and O–H groups in total. The van der Waals surface area contributed by atoms with Crippen molar-refractivity contribution in [1.82, 2.24) is 15.5 Å². The standard InChI is InChI=1S/C7H11N3O2S/c1-13-7-10-9-6(12-7)5-4-11-3-2-8-5/h5,8H,2-4H2,1H3. The molecule has 0 amide bonds. The Morgan fingerprint density at radius 2 is 2.46 bits per heavy atom. The van der Waals surface area contributed by atoms with Gasteiger partial charge in [0, 0.05) is 6.54 Å². The van der Waals surface area contributed by atoms with E-state index in [-0.39, 0.29) is 6.04 Å². The van der Waals surface area contributed by atoms with Crippen LogP contribution in [0.25, 0.3) is 0 Å². The molecule has 0 aliphatic carbocycles. The molecule has 1 saturated heterocycles. The Morgan fingerprint density at radius 1 is 1.54 bits per heavy atom. The van der Waals surface area contributed by atoms with E-state index in [0.717, 1.165) is 13.2 Å². The van der Waals surface area contributed by atoms with Crippen molar-refractivity contribution in [2.75, 3.05) is 26.0 Å². The maximum atomic E-state index is 5.37. The van der Waals surface area contributed by atoms with E-state index in [0.29, 0.717) is 17.7 Å². The fourth-order valence-electron chi connectivity index (χ4n) is 1.17. The van der Waals surface area contributed by atoms with Gasteiger partial charge in [-0.2, -0.15) is 0 Å². The molecule has 2 rings (SSSR count). The van der Waals surface area contributed by atoms with Crippen LogP contribution in [0.1, 0.15) is 11.9 Å². The summed E-state index contributed by atoms with van der Waals surface area (Å²) in [7, 11) is 0. The number of nitrogens with one attached hydrogen (secondary N) is 1. The first-order valence-electron chi connectivity index (χ1n) is 4.08. The number of hydrogen-bond donors (Lipinski definition) is 1. The van der Waals surface area contributed by atoms with Gasteiger partial charge in [-0.05, 0) is 6.26 Å². The molecule has 0 saturated carbocycles. The number of morpholine rings is 1. The minimum Gasteiger partial charge on any atom is -0.414 e. The van der Waals surface area contributed by atoms with E-state index < -0.39 is 0 Å². The van der Waals surface area contributed by atoms with Gasteiger partial charge in [0.1, 0.15) is 6.04 Å². The Hall–Kier alpha value is -0.590. The summed E-state index contributed by atoms with van der Waals surface area (Å²) in [6, 6.07) is 0.0575. The summed E-state index contributed by atoms with van der Waals surface area (Å²) in [5.41, 5.74) is 0. The molecule has 5 nitrogen and oxygen atoms in total. The summed E-state index contributed by atoms with van der Waals surface area (Å²) in [6.07, 6.45) is 1.90. The third-order valence-electron chi connectivity index (χ3n) is 1.82. The largest absolute Gasteiger partial charge is 0.414 e. The first kappa shape index (κ1) is 8.98. The first-order valence-corrected chi connectivity index (χ1v) is 5.31. The van der Waals surface area contributed by atoms with E-state index in [9.17, 15) is 0 Å². The Labute approximate surface area is 80.2 Å². The molecule has 1 aromatic rings. The lowest BCUT2D eigenvalue weighted by Crippen LogP contribution is -2.34. The van der Waals surface area contributed by atoms with Crippen LogP contribution in [0.3, 0.4) is 0 Å². The number of thioether (sulfide) groups is 1. The van der Waals surface area contributed by atoms with Crippen molar-refractivity contribution in [3.8, 4) is 0 Å². The Bertz CT molecular complexity index is 272. The SMILES string of the molecule is CSc1nnc(C2COCCN2)o1. The third kappa shape index (κ3) is 2.01. The molecule has 1 aliphatic rings. The summed E-state index contributed by atoms with van der Waals surface area (Å²) in [6.45, 7) is 2.19. The van der Waals surface area contributed by atoms with E-state index in [1.807, 2.05) is 6.26 Å². The number of hydrogen-bond acceptors (Lipinski definition) is 6. The van der Waals surface area contributed by atoms with Crippen LogP contribution in [0, 0.1) is 0 Å². The van der Waals surface area contributed by atoms with Gasteiger partial charge in [0.2, 0.25) is 5.89 Å². The molecule has 13 heavy (non-hydrogen) atoms. The lowest BCUT2D eigenvalue weighted by molar-refractivity contribution is 0.0669. The van der Waals surface area contributed by atoms with Crippen LogP contribution in [0.15, 0.2) is 9.64 Å². The highest BCUT2D eigenvalue weighted by Crippen LogP contribution is 2.18. The topological polar surface area (TPSA) is 60.2 Å². The van der Waals surface area contributed by atoms with Crippen LogP contribution in [0.2, 0.25) is 0 Å². The number of nitrogens with zero attached hydrogens (tertiary/aromatic N) is 2. The van der Waals surface area contributed by atoms with Crippen LogP contribution < -0.4 is 5.32 Å². The van der Waals surface area contributed by atoms with E-state index in [1.165, 1.54) is 11.8 Å². The molecule has 1 unspecified atom stereocenters. The van der Waals surface area contributed by atoms with Crippen LogP contribution in [-0.4, -0.2) is 36.2 Å². The van der Waals surface area contributed by atoms with Gasteiger partial charge < -0.3 is 14.5 Å². The summed E-state index contributed by atoms with van der Waals surface area (Å²) >= 11 is 1.44. The van der Waals surface area contributed by atoms with Gasteiger partial charge in [-0.25, -0.2) is 0 Å². The van der Waals surface area contributed by atoms with Crippen molar-refractivity contribution in [2.45, 2.75) is 11.3 Å². The molecule has 0 spiro atoms. The molecule has 2 heterocycles. The highest BCUT2D eigenvalue weighted by atomic mass is 32.2. The van der Waals surface area contributed by atoms with Crippen molar-refractivity contribution >= 4 is 11.8 Å². The maximum absolute atomic E-state index is 5.37. The average Bonchev–Trinajstić information content (AvgIpc) is 2.67. The molecule has 1 aromatic heterocycles. The van der Waals surface area contributed by atoms with Gasteiger partial charge in [-0.3, -0.25) is 0 Å². The van der Waals surface area contributed by atoms with E-state index in [2.05, 4.69) is 15.5 Å². The second kappa shape index (κ2) is 4.08. The zero-order chi connectivity index (χ0) is 9.10. The first-order chi connectivity index (χ1) is 6.40. The minimum absolute atomic E-state index is 0.0575. The molecule has 72 valence electrons. The van der Waals surface area contributed by atoms with Gasteiger partial charge in [0.05, 0.1) is 13.2 Å². The molecular formula is C7H11N3O2S. The highest BCUT2D eigenvalue weighted by Gasteiger charge is 2.20. The summed E-state index contributed by atoms with van der Waals surface area (Å²) in [5.74, 6) is 0.615. The Kier molecular flexibility index (Phi) is 2.82. The zero-order valence-electron chi connectivity index (χ0n) is 7.32. The molecule has 1 aliphatic heterocycles. The van der Waals surface area contributed by atoms with Crippen molar-refractivity contribution in [3.05, 3.63) is 5.89 Å². The highest BCUT2D eigenvalue weighted by molar-refractivity contribution is 7.98. The van der Waals surface area contributed by atoms with E-state index in [1.54, 1.807) is 0 Å². The molecular weight excluding hydrogens is 190 g/mol. The van der Waals surface area contributed by atoms with E-state index >= 15 is 0 Å². The predicted molar refractivity (Wildman–Crippen MR) is 47.6 cm³/mol. The van der Waals surface area contributed by atoms with Gasteiger partial charge in [0.25, 0.3) is 5.22 Å². The van der Waals surface area contributed by atoms with Crippen molar-refractivity contribution in [3.63, 3.8) is 0 Å². The fourth-order valence-corrected chi connectivity index (χ4v) is 1.46. The Morgan fingerprint density at radius 3 is 3.08 bits per heavy atom. The minimum atomic E-state index is 0.0575. The number of ether oxygens (including phenoxy) is 1. The monoisotopic (exact) mass is 201 g/mol.